The van der Waals surface area contributed by atoms with Crippen molar-refractivity contribution in [2.75, 3.05) is 70.2 Å². The van der Waals surface area contributed by atoms with Gasteiger partial charge in [-0.2, -0.15) is 13.6 Å². The maximum atomic E-state index is 14.4. The largest absolute Gasteiger partial charge is 0.490 e. The van der Waals surface area contributed by atoms with Gasteiger partial charge in [-0.15, -0.1) is 0 Å². The summed E-state index contributed by atoms with van der Waals surface area (Å²) in [4.78, 5) is 83.7. The minimum Gasteiger partial charge on any atom is -0.456 e. The van der Waals surface area contributed by atoms with E-state index in [0.717, 1.165) is 96.2 Å². The number of fused-ring (bicyclic) bond motifs is 5. The number of anilines is 2. The number of hydrogen-bond acceptors (Lipinski definition) is 18. The fourth-order valence-electron chi connectivity index (χ4n) is 10.6. The van der Waals surface area contributed by atoms with Crippen LogP contribution >= 0.6 is 23.5 Å². The average molecular weight is 1170 g/mol. The first-order chi connectivity index (χ1) is 38.2. The summed E-state index contributed by atoms with van der Waals surface area (Å²) in [5, 5.41) is 26.1. The number of phosphoric ester groups is 2. The molecule has 2 aromatic heterocycles. The van der Waals surface area contributed by atoms with Crippen LogP contribution in [-0.2, 0) is 53.7 Å². The number of ether oxygens (including phenoxy) is 2. The lowest BCUT2D eigenvalue weighted by molar-refractivity contribution is -0.121. The van der Waals surface area contributed by atoms with Crippen LogP contribution in [0.3, 0.4) is 0 Å². The topological polar surface area (TPSA) is 353 Å². The van der Waals surface area contributed by atoms with E-state index in [-0.39, 0.29) is 41.8 Å². The number of nitrogens with one attached hydrogen (secondary N) is 2. The second-order valence-electron chi connectivity index (χ2n) is 20.0. The molecule has 26 nitrogen and oxygen atoms in total. The summed E-state index contributed by atoms with van der Waals surface area (Å²) in [6.45, 7) is 7.30. The first-order valence-electron chi connectivity index (χ1n) is 26.6. The molecule has 4 aliphatic heterocycles. The Morgan fingerprint density at radius 2 is 1.66 bits per heavy atom. The standard InChI is InChI=1S/C51H66N9O17P3/c1-4-58-22-12-15-31-25-35-39(27-37(31)58)74-40-28-38-32(16-13-23-59(38)5-2)26-36(40)43(35)33-17-8-9-18-34(33)49(65)57(3)21-14-19-42(61)53-20-10-6-7-11-24-72-78(66,67)76-80(70,71)77-79(68,69)73-29-41-45(62)46(63)50(75-41)60-30-54-44-47(60)55-51(52)56-48(44)64/h8-9,17-18,25-28,30,41,45-46,50,62-63H,4-7,10-16,19-24,29H2,1-3H3,(H6-,52,53,55,56,61,64,66,67,68,69,70,71)/p+1/t41-,45-,46-,50-/m1/s1. The van der Waals surface area contributed by atoms with Crippen molar-refractivity contribution in [2.24, 2.45) is 0 Å². The predicted molar refractivity (Wildman–Crippen MR) is 291 cm³/mol. The van der Waals surface area contributed by atoms with Gasteiger partial charge in [0.15, 0.2) is 17.4 Å². The van der Waals surface area contributed by atoms with Crippen LogP contribution in [0.5, 0.6) is 11.5 Å². The van der Waals surface area contributed by atoms with Crippen molar-refractivity contribution in [3.8, 4) is 11.5 Å². The maximum absolute atomic E-state index is 14.4. The number of amides is 2. The number of aliphatic hydroxyl groups is 2. The highest BCUT2D eigenvalue weighted by molar-refractivity contribution is 7.66. The van der Waals surface area contributed by atoms with Gasteiger partial charge in [-0.05, 0) is 81.7 Å². The molecule has 0 aliphatic carbocycles. The number of benzene rings is 3. The van der Waals surface area contributed by atoms with E-state index in [4.69, 9.17) is 19.7 Å². The van der Waals surface area contributed by atoms with Crippen molar-refractivity contribution < 1.29 is 75.3 Å². The average Bonchev–Trinajstić information content (AvgIpc) is 4.05. The van der Waals surface area contributed by atoms with E-state index in [2.05, 4.69) is 81.0 Å². The van der Waals surface area contributed by atoms with Crippen molar-refractivity contribution in [2.45, 2.75) is 103 Å². The van der Waals surface area contributed by atoms with Crippen LogP contribution in [0.1, 0.15) is 104 Å². The molecule has 5 aromatic rings. The smallest absolute Gasteiger partial charge is 0.456 e. The Kier molecular flexibility index (Phi) is 18.3. The zero-order valence-corrected chi connectivity index (χ0v) is 47.2. The Morgan fingerprint density at radius 3 is 2.44 bits per heavy atom. The number of nitrogens with two attached hydrogens (primary N) is 1. The molecular weight excluding hydrogens is 1100 g/mol. The van der Waals surface area contributed by atoms with Gasteiger partial charge in [-0.25, -0.2) is 23.3 Å². The molecule has 0 bridgehead atoms. The molecule has 1 fully saturated rings. The normalized spacial score (nSPS) is 20.9. The quantitative estimate of drug-likeness (QED) is 0.0244. The number of nitrogens with zero attached hydrogens (tertiary/aromatic N) is 6. The second-order valence-corrected chi connectivity index (χ2v) is 24.6. The van der Waals surface area contributed by atoms with Crippen LogP contribution in [0.25, 0.3) is 16.7 Å². The van der Waals surface area contributed by atoms with Gasteiger partial charge < -0.3 is 55.2 Å². The lowest BCUT2D eigenvalue weighted by atomic mass is 9.86. The van der Waals surface area contributed by atoms with Crippen LogP contribution in [0.4, 0.5) is 11.6 Å². The summed E-state index contributed by atoms with van der Waals surface area (Å²) in [7, 11) is -15.0. The second kappa shape index (κ2) is 24.8. The molecule has 0 radical (unpaired) electrons. The summed E-state index contributed by atoms with van der Waals surface area (Å²) >= 11 is 0. The van der Waals surface area contributed by atoms with E-state index in [1.807, 2.05) is 24.3 Å². The van der Waals surface area contributed by atoms with E-state index in [1.165, 1.54) is 22.2 Å². The number of rotatable bonds is 24. The number of hydrogen-bond donors (Lipinski definition) is 8. The molecule has 9 N–H and O–H groups in total. The molecular formula is C51H67N9O17P3+. The maximum Gasteiger partial charge on any atom is 0.490 e. The van der Waals surface area contributed by atoms with Crippen molar-refractivity contribution in [1.29, 1.82) is 0 Å². The van der Waals surface area contributed by atoms with E-state index in [1.54, 1.807) is 11.9 Å². The number of aromatic nitrogens is 4. The molecule has 0 spiro atoms. The number of aliphatic hydroxyl groups excluding tert-OH is 2. The van der Waals surface area contributed by atoms with Gasteiger partial charge in [0.1, 0.15) is 42.9 Å². The minimum absolute atomic E-state index is 0.121. The first-order valence-corrected chi connectivity index (χ1v) is 31.1. The molecule has 80 heavy (non-hydrogen) atoms. The Balaban J connectivity index is 0.705. The molecule has 3 aromatic carbocycles. The third-order valence-electron chi connectivity index (χ3n) is 14.5. The summed E-state index contributed by atoms with van der Waals surface area (Å²) in [6.07, 6.45) is 0.893. The lowest BCUT2D eigenvalue weighted by Crippen LogP contribution is -2.39. The Hall–Kier alpha value is -5.69. The third-order valence-corrected chi connectivity index (χ3v) is 18.8. The highest BCUT2D eigenvalue weighted by Gasteiger charge is 2.47. The first kappa shape index (κ1) is 58.9. The zero-order valence-electron chi connectivity index (χ0n) is 44.5. The molecule has 29 heteroatoms. The number of aromatic amines is 1. The molecule has 3 unspecified atom stereocenters. The zero-order chi connectivity index (χ0) is 57.1. The number of imidazole rings is 1. The number of carbonyl (C=O) groups excluding carboxylic acids is 2. The van der Waals surface area contributed by atoms with Crippen molar-refractivity contribution in [3.63, 3.8) is 0 Å². The molecule has 1 saturated heterocycles. The Bertz CT molecular complexity index is 3510. The van der Waals surface area contributed by atoms with E-state index in [9.17, 15) is 53.0 Å². The van der Waals surface area contributed by atoms with Crippen LogP contribution in [0, 0.1) is 0 Å². The fraction of sp³-hybridized carbons (Fsp3) is 0.490. The summed E-state index contributed by atoms with van der Waals surface area (Å²) < 4.78 is 71.0. The molecule has 0 saturated carbocycles. The minimum atomic E-state index is -5.82. The molecule has 9 rings (SSSR count). The summed E-state index contributed by atoms with van der Waals surface area (Å²) in [5.74, 6) is 0.894. The van der Waals surface area contributed by atoms with Crippen molar-refractivity contribution in [1.82, 2.24) is 34.3 Å². The number of aryl methyl sites for hydroxylation is 2. The molecule has 2 amide bonds. The third kappa shape index (κ3) is 13.3. The summed E-state index contributed by atoms with van der Waals surface area (Å²) in [5.41, 5.74) is 11.6. The SMILES string of the molecule is CCN1CCCc2cc3c(cc21)Oc1cc2c(cc1=C3c1ccccc1C(=O)N(C)CCCC(=O)NCCCCCCOP(=O)(O)OP(=O)(O)OP(=O)(O)OC[C@H]1O[C@@H](n3cnc4c(=O)[nH]c(N)nc43)[C@H](O)[C@@H]1O)CCC[N+]=2CC. The number of phosphoric acid groups is 3. The molecule has 7 atom stereocenters. The van der Waals surface area contributed by atoms with Crippen LogP contribution in [0.2, 0.25) is 0 Å². The monoisotopic (exact) mass is 1170 g/mol. The van der Waals surface area contributed by atoms with Gasteiger partial charge >= 0.3 is 23.5 Å². The van der Waals surface area contributed by atoms with Crippen molar-refractivity contribution >= 4 is 63.7 Å². The summed E-state index contributed by atoms with van der Waals surface area (Å²) in [6, 6.07) is 16.6. The van der Waals surface area contributed by atoms with Gasteiger partial charge in [0, 0.05) is 85.3 Å². The Morgan fingerprint density at radius 1 is 0.912 bits per heavy atom. The van der Waals surface area contributed by atoms with Gasteiger partial charge in [0.2, 0.25) is 17.2 Å². The predicted octanol–water partition coefficient (Wildman–Crippen LogP) is 3.50. The molecule has 6 heterocycles. The Labute approximate surface area is 459 Å². The van der Waals surface area contributed by atoms with Crippen LogP contribution in [0.15, 0.2) is 59.7 Å². The van der Waals surface area contributed by atoms with Gasteiger partial charge in [0.05, 0.1) is 25.6 Å². The van der Waals surface area contributed by atoms with Gasteiger partial charge in [-0.3, -0.25) is 33.0 Å². The van der Waals surface area contributed by atoms with E-state index < -0.39 is 66.8 Å². The van der Waals surface area contributed by atoms with Gasteiger partial charge in [-0.1, -0.05) is 31.0 Å². The lowest BCUT2D eigenvalue weighted by Gasteiger charge is -2.33. The highest BCUT2D eigenvalue weighted by atomic mass is 31.3. The number of unbranched alkanes of at least 4 members (excludes halogenated alkanes) is 3. The van der Waals surface area contributed by atoms with Crippen LogP contribution in [-0.4, -0.2) is 139 Å². The number of carbonyl (C=O) groups is 2. The number of H-pyrrole nitrogens is 1. The van der Waals surface area contributed by atoms with Crippen molar-refractivity contribution in [3.05, 3.63) is 104 Å². The van der Waals surface area contributed by atoms with Gasteiger partial charge in [0.25, 0.3) is 11.5 Å². The fourth-order valence-corrected chi connectivity index (χ4v) is 14.2. The molecule has 4 aliphatic rings. The van der Waals surface area contributed by atoms with Crippen LogP contribution < -0.4 is 41.4 Å². The number of nitrogen functional groups attached to an aromatic ring is 1. The highest BCUT2D eigenvalue weighted by Crippen LogP contribution is 2.67. The van der Waals surface area contributed by atoms with E-state index >= 15 is 0 Å². The van der Waals surface area contributed by atoms with E-state index in [0.29, 0.717) is 44.3 Å². The molecule has 432 valence electrons.